The van der Waals surface area contributed by atoms with Crippen molar-refractivity contribution < 1.29 is 4.74 Å². The lowest BCUT2D eigenvalue weighted by atomic mass is 10.0. The third-order valence-electron chi connectivity index (χ3n) is 3.49. The molecule has 2 rings (SSSR count). The average Bonchev–Trinajstić information content (AvgIpc) is 2.41. The largest absolute Gasteiger partial charge is 0.496 e. The zero-order valence-electron chi connectivity index (χ0n) is 12.1. The van der Waals surface area contributed by atoms with E-state index in [1.807, 2.05) is 0 Å². The van der Waals surface area contributed by atoms with Crippen molar-refractivity contribution in [2.24, 2.45) is 0 Å². The Morgan fingerprint density at radius 2 is 1.63 bits per heavy atom. The molecule has 0 aliphatic rings. The predicted molar refractivity (Wildman–Crippen MR) is 80.9 cm³/mol. The van der Waals surface area contributed by atoms with Gasteiger partial charge in [0.25, 0.3) is 0 Å². The van der Waals surface area contributed by atoms with Crippen molar-refractivity contribution in [2.45, 2.75) is 33.1 Å². The van der Waals surface area contributed by atoms with Gasteiger partial charge >= 0.3 is 0 Å². The summed E-state index contributed by atoms with van der Waals surface area (Å²) in [6.45, 7) is 4.23. The molecular formula is C18H22O. The van der Waals surface area contributed by atoms with Crippen molar-refractivity contribution in [3.8, 4) is 5.75 Å². The molecule has 0 aromatic heterocycles. The van der Waals surface area contributed by atoms with E-state index in [-0.39, 0.29) is 0 Å². The van der Waals surface area contributed by atoms with Gasteiger partial charge in [0.2, 0.25) is 0 Å². The van der Waals surface area contributed by atoms with Crippen LogP contribution in [0.4, 0.5) is 0 Å². The zero-order valence-corrected chi connectivity index (χ0v) is 12.1. The fourth-order valence-electron chi connectivity index (χ4n) is 2.38. The molecule has 0 heterocycles. The molecule has 19 heavy (non-hydrogen) atoms. The summed E-state index contributed by atoms with van der Waals surface area (Å²) in [4.78, 5) is 0. The van der Waals surface area contributed by atoms with E-state index in [2.05, 4.69) is 56.3 Å². The standard InChI is InChI=1S/C18H22O/c1-14-6-4-7-16(12-14)8-5-9-17-11-10-15(2)18(13-17)19-3/h4,6-7,10-13H,5,8-9H2,1-3H3. The van der Waals surface area contributed by atoms with Gasteiger partial charge in [-0.25, -0.2) is 0 Å². The SMILES string of the molecule is COc1cc(CCCc2cccc(C)c2)ccc1C. The minimum atomic E-state index is 0.994. The number of benzene rings is 2. The van der Waals surface area contributed by atoms with Crippen LogP contribution in [-0.2, 0) is 12.8 Å². The molecule has 0 saturated carbocycles. The molecule has 2 aromatic rings. The Kier molecular flexibility index (Phi) is 4.62. The monoisotopic (exact) mass is 254 g/mol. The number of aryl methyl sites for hydroxylation is 4. The van der Waals surface area contributed by atoms with Crippen molar-refractivity contribution in [1.29, 1.82) is 0 Å². The highest BCUT2D eigenvalue weighted by atomic mass is 16.5. The van der Waals surface area contributed by atoms with Crippen LogP contribution in [0.1, 0.15) is 28.7 Å². The van der Waals surface area contributed by atoms with Gasteiger partial charge in [-0.2, -0.15) is 0 Å². The lowest BCUT2D eigenvalue weighted by molar-refractivity contribution is 0.411. The first-order chi connectivity index (χ1) is 9.19. The summed E-state index contributed by atoms with van der Waals surface area (Å²) in [7, 11) is 1.73. The van der Waals surface area contributed by atoms with Gasteiger partial charge in [-0.1, -0.05) is 42.0 Å². The Balaban J connectivity index is 1.92. The van der Waals surface area contributed by atoms with Gasteiger partial charge in [0.05, 0.1) is 7.11 Å². The van der Waals surface area contributed by atoms with E-state index >= 15 is 0 Å². The molecule has 0 N–H and O–H groups in total. The normalized spacial score (nSPS) is 10.5. The Morgan fingerprint density at radius 3 is 2.32 bits per heavy atom. The van der Waals surface area contributed by atoms with Crippen LogP contribution >= 0.6 is 0 Å². The molecular weight excluding hydrogens is 232 g/mol. The van der Waals surface area contributed by atoms with Gasteiger partial charge in [0.1, 0.15) is 5.75 Å². The first-order valence-corrected chi connectivity index (χ1v) is 6.88. The topological polar surface area (TPSA) is 9.23 Å². The van der Waals surface area contributed by atoms with Crippen molar-refractivity contribution >= 4 is 0 Å². The molecule has 100 valence electrons. The molecule has 0 unspecified atom stereocenters. The Bertz CT molecular complexity index is 543. The Labute approximate surface area is 116 Å². The van der Waals surface area contributed by atoms with Crippen LogP contribution in [-0.4, -0.2) is 7.11 Å². The third kappa shape index (κ3) is 3.85. The van der Waals surface area contributed by atoms with Crippen molar-refractivity contribution in [3.63, 3.8) is 0 Å². The smallest absolute Gasteiger partial charge is 0.122 e. The van der Waals surface area contributed by atoms with Gasteiger partial charge in [-0.15, -0.1) is 0 Å². The van der Waals surface area contributed by atoms with Crippen LogP contribution in [0.5, 0.6) is 5.75 Å². The van der Waals surface area contributed by atoms with E-state index < -0.39 is 0 Å². The van der Waals surface area contributed by atoms with Crippen molar-refractivity contribution in [2.75, 3.05) is 7.11 Å². The molecule has 0 atom stereocenters. The van der Waals surface area contributed by atoms with Crippen molar-refractivity contribution in [1.82, 2.24) is 0 Å². The number of methoxy groups -OCH3 is 1. The zero-order chi connectivity index (χ0) is 13.7. The van der Waals surface area contributed by atoms with Crippen LogP contribution in [0, 0.1) is 13.8 Å². The summed E-state index contributed by atoms with van der Waals surface area (Å²) in [6.07, 6.45) is 3.41. The highest BCUT2D eigenvalue weighted by Gasteiger charge is 2.01. The van der Waals surface area contributed by atoms with Crippen LogP contribution < -0.4 is 4.74 Å². The maximum Gasteiger partial charge on any atom is 0.122 e. The van der Waals surface area contributed by atoms with Crippen LogP contribution in [0.2, 0.25) is 0 Å². The van der Waals surface area contributed by atoms with E-state index in [4.69, 9.17) is 4.74 Å². The summed E-state index contributed by atoms with van der Waals surface area (Å²) in [6, 6.07) is 15.3. The fourth-order valence-corrected chi connectivity index (χ4v) is 2.38. The second-order valence-corrected chi connectivity index (χ2v) is 5.15. The summed E-state index contributed by atoms with van der Waals surface area (Å²) in [5.41, 5.74) is 5.33. The minimum Gasteiger partial charge on any atom is -0.496 e. The quantitative estimate of drug-likeness (QED) is 0.764. The average molecular weight is 254 g/mol. The van der Waals surface area contributed by atoms with E-state index in [1.165, 1.54) is 28.7 Å². The van der Waals surface area contributed by atoms with Gasteiger partial charge in [-0.3, -0.25) is 0 Å². The maximum absolute atomic E-state index is 5.37. The molecule has 1 heteroatoms. The van der Waals surface area contributed by atoms with E-state index in [1.54, 1.807) is 7.11 Å². The number of hydrogen-bond acceptors (Lipinski definition) is 1. The second kappa shape index (κ2) is 6.42. The maximum atomic E-state index is 5.37. The van der Waals surface area contributed by atoms with Gasteiger partial charge < -0.3 is 4.74 Å². The van der Waals surface area contributed by atoms with Gasteiger partial charge in [-0.05, 0) is 55.9 Å². The number of ether oxygens (including phenoxy) is 1. The van der Waals surface area contributed by atoms with Crippen LogP contribution in [0.3, 0.4) is 0 Å². The summed E-state index contributed by atoms with van der Waals surface area (Å²) in [5, 5.41) is 0. The summed E-state index contributed by atoms with van der Waals surface area (Å²) < 4.78 is 5.37. The molecule has 0 fully saturated rings. The molecule has 0 aliphatic carbocycles. The lowest BCUT2D eigenvalue weighted by Crippen LogP contribution is -1.93. The highest BCUT2D eigenvalue weighted by molar-refractivity contribution is 5.36. The lowest BCUT2D eigenvalue weighted by Gasteiger charge is -2.08. The molecule has 0 bridgehead atoms. The fraction of sp³-hybridized carbons (Fsp3) is 0.333. The molecule has 2 aromatic carbocycles. The summed E-state index contributed by atoms with van der Waals surface area (Å²) in [5.74, 6) is 0.994. The first-order valence-electron chi connectivity index (χ1n) is 6.88. The molecule has 0 aliphatic heterocycles. The predicted octanol–water partition coefficient (Wildman–Crippen LogP) is 4.49. The van der Waals surface area contributed by atoms with Crippen LogP contribution in [0.15, 0.2) is 42.5 Å². The molecule has 0 radical (unpaired) electrons. The summed E-state index contributed by atoms with van der Waals surface area (Å²) >= 11 is 0. The molecule has 0 spiro atoms. The number of hydrogen-bond donors (Lipinski definition) is 0. The highest BCUT2D eigenvalue weighted by Crippen LogP contribution is 2.20. The molecule has 0 amide bonds. The second-order valence-electron chi connectivity index (χ2n) is 5.15. The molecule has 1 nitrogen and oxygen atoms in total. The van der Waals surface area contributed by atoms with Gasteiger partial charge in [0.15, 0.2) is 0 Å². The first kappa shape index (κ1) is 13.7. The Hall–Kier alpha value is -1.76. The third-order valence-corrected chi connectivity index (χ3v) is 3.49. The Morgan fingerprint density at radius 1 is 0.895 bits per heavy atom. The van der Waals surface area contributed by atoms with Crippen molar-refractivity contribution in [3.05, 3.63) is 64.7 Å². The van der Waals surface area contributed by atoms with E-state index in [0.717, 1.165) is 18.6 Å². The number of rotatable bonds is 5. The van der Waals surface area contributed by atoms with Crippen LogP contribution in [0.25, 0.3) is 0 Å². The molecule has 0 saturated heterocycles. The van der Waals surface area contributed by atoms with E-state index in [0.29, 0.717) is 0 Å². The van der Waals surface area contributed by atoms with E-state index in [9.17, 15) is 0 Å². The minimum absolute atomic E-state index is 0.994. The van der Waals surface area contributed by atoms with Gasteiger partial charge in [0, 0.05) is 0 Å².